The van der Waals surface area contributed by atoms with Crippen molar-refractivity contribution in [2.75, 3.05) is 23.9 Å². The van der Waals surface area contributed by atoms with Gasteiger partial charge in [-0.25, -0.2) is 9.97 Å². The quantitative estimate of drug-likeness (QED) is 0.823. The van der Waals surface area contributed by atoms with E-state index in [0.29, 0.717) is 18.3 Å². The van der Waals surface area contributed by atoms with Crippen molar-refractivity contribution < 1.29 is 4.21 Å². The Labute approximate surface area is 104 Å². The maximum atomic E-state index is 11.2. The molecular weight excluding hydrogens is 236 g/mol. The Bertz CT molecular complexity index is 433. The maximum absolute atomic E-state index is 11.2. The van der Waals surface area contributed by atoms with Gasteiger partial charge in [-0.15, -0.1) is 0 Å². The van der Waals surface area contributed by atoms with E-state index in [1.54, 1.807) is 12.3 Å². The molecular formula is C11H18N4OS. The van der Waals surface area contributed by atoms with Gasteiger partial charge in [-0.2, -0.15) is 0 Å². The van der Waals surface area contributed by atoms with Crippen molar-refractivity contribution in [3.63, 3.8) is 0 Å². The van der Waals surface area contributed by atoms with Crippen LogP contribution in [0.2, 0.25) is 0 Å². The van der Waals surface area contributed by atoms with Gasteiger partial charge in [0.25, 0.3) is 0 Å². The van der Waals surface area contributed by atoms with Crippen LogP contribution in [0.1, 0.15) is 31.5 Å². The summed E-state index contributed by atoms with van der Waals surface area (Å²) >= 11 is 0. The van der Waals surface area contributed by atoms with Crippen molar-refractivity contribution in [2.45, 2.75) is 30.9 Å². The number of anilines is 2. The number of nitrogens with one attached hydrogen (secondary N) is 1. The van der Waals surface area contributed by atoms with Gasteiger partial charge in [0.05, 0.1) is 0 Å². The number of hydrogen-bond acceptors (Lipinski definition) is 5. The molecule has 1 aliphatic carbocycles. The Morgan fingerprint density at radius 2 is 2.29 bits per heavy atom. The molecule has 0 saturated heterocycles. The molecule has 5 nitrogen and oxygen atoms in total. The molecule has 0 radical (unpaired) electrons. The maximum Gasteiger partial charge on any atom is 0.136 e. The number of nitrogens with zero attached hydrogens (tertiary/aromatic N) is 2. The molecule has 1 aromatic rings. The van der Waals surface area contributed by atoms with Crippen molar-refractivity contribution in [3.05, 3.63) is 11.9 Å². The zero-order valence-electron chi connectivity index (χ0n) is 10.1. The van der Waals surface area contributed by atoms with E-state index < -0.39 is 10.8 Å². The van der Waals surface area contributed by atoms with Gasteiger partial charge in [-0.3, -0.25) is 4.21 Å². The van der Waals surface area contributed by atoms with Gasteiger partial charge < -0.3 is 11.1 Å². The molecule has 94 valence electrons. The van der Waals surface area contributed by atoms with Crippen molar-refractivity contribution in [1.29, 1.82) is 0 Å². The summed E-state index contributed by atoms with van der Waals surface area (Å²) in [5, 5.41) is 3.26. The number of aromatic nitrogens is 2. The highest BCUT2D eigenvalue weighted by Crippen LogP contribution is 2.38. The summed E-state index contributed by atoms with van der Waals surface area (Å²) in [6.45, 7) is 2.57. The van der Waals surface area contributed by atoms with Crippen LogP contribution in [0.25, 0.3) is 0 Å². The first-order chi connectivity index (χ1) is 8.06. The highest BCUT2D eigenvalue weighted by molar-refractivity contribution is 7.84. The Morgan fingerprint density at radius 3 is 2.88 bits per heavy atom. The molecule has 1 aliphatic rings. The van der Waals surface area contributed by atoms with Gasteiger partial charge in [-0.1, -0.05) is 0 Å². The molecule has 2 unspecified atom stereocenters. The average Bonchev–Trinajstić information content (AvgIpc) is 3.08. The molecule has 1 fully saturated rings. The van der Waals surface area contributed by atoms with Crippen LogP contribution in [0.15, 0.2) is 6.07 Å². The molecule has 0 spiro atoms. The van der Waals surface area contributed by atoms with Crippen LogP contribution in [0.4, 0.5) is 11.6 Å². The van der Waals surface area contributed by atoms with Crippen molar-refractivity contribution in [2.24, 2.45) is 0 Å². The van der Waals surface area contributed by atoms with E-state index in [1.165, 1.54) is 0 Å². The molecule has 3 N–H and O–H groups in total. The van der Waals surface area contributed by atoms with Gasteiger partial charge >= 0.3 is 0 Å². The highest BCUT2D eigenvalue weighted by atomic mass is 32.2. The van der Waals surface area contributed by atoms with E-state index in [1.807, 2.05) is 6.92 Å². The number of hydrogen-bond donors (Lipinski definition) is 2. The molecule has 6 heteroatoms. The molecule has 0 aliphatic heterocycles. The first kappa shape index (κ1) is 12.3. The fourth-order valence-electron chi connectivity index (χ4n) is 1.47. The molecule has 17 heavy (non-hydrogen) atoms. The van der Waals surface area contributed by atoms with E-state index >= 15 is 0 Å². The summed E-state index contributed by atoms with van der Waals surface area (Å²) in [4.78, 5) is 8.65. The van der Waals surface area contributed by atoms with Gasteiger partial charge in [-0.05, 0) is 19.8 Å². The number of nitrogens with two attached hydrogens (primary N) is 1. The first-order valence-corrected chi connectivity index (χ1v) is 7.39. The summed E-state index contributed by atoms with van der Waals surface area (Å²) in [7, 11) is -0.828. The third kappa shape index (κ3) is 3.39. The second-order valence-corrected chi connectivity index (χ2v) is 6.30. The molecule has 2 atom stereocenters. The van der Waals surface area contributed by atoms with Crippen LogP contribution >= 0.6 is 0 Å². The minimum absolute atomic E-state index is 0.0931. The Hall–Kier alpha value is -1.17. The smallest absolute Gasteiger partial charge is 0.136 e. The average molecular weight is 254 g/mol. The minimum Gasteiger partial charge on any atom is -0.384 e. The molecule has 1 saturated carbocycles. The second-order valence-electron chi connectivity index (χ2n) is 4.50. The summed E-state index contributed by atoms with van der Waals surface area (Å²) < 4.78 is 11.2. The molecule has 1 aromatic heterocycles. The Morgan fingerprint density at radius 1 is 1.59 bits per heavy atom. The fraction of sp³-hybridized carbons (Fsp3) is 0.636. The standard InChI is InChI=1S/C11H18N4OS/c1-7(17(2)16)6-13-10-5-9(12)14-11(15-10)8-3-4-8/h5,7-8H,3-4,6H2,1-2H3,(H3,12,13,14,15). The molecule has 2 rings (SSSR count). The number of nitrogen functional groups attached to an aromatic ring is 1. The third-order valence-corrected chi connectivity index (χ3v) is 4.14. The molecule has 1 heterocycles. The van der Waals surface area contributed by atoms with Crippen LogP contribution in [0, 0.1) is 0 Å². The minimum atomic E-state index is -0.828. The summed E-state index contributed by atoms with van der Waals surface area (Å²) in [5.74, 6) is 2.54. The zero-order valence-corrected chi connectivity index (χ0v) is 11.0. The fourth-order valence-corrected chi connectivity index (χ4v) is 1.78. The molecule has 0 aromatic carbocycles. The second kappa shape index (κ2) is 5.00. The predicted octanol–water partition coefficient (Wildman–Crippen LogP) is 1.12. The topological polar surface area (TPSA) is 80.9 Å². The van der Waals surface area contributed by atoms with Gasteiger partial charge in [0.2, 0.25) is 0 Å². The van der Waals surface area contributed by atoms with Crippen LogP contribution in [-0.2, 0) is 10.8 Å². The largest absolute Gasteiger partial charge is 0.384 e. The van der Waals surface area contributed by atoms with Crippen molar-refractivity contribution in [3.8, 4) is 0 Å². The van der Waals surface area contributed by atoms with Gasteiger partial charge in [0, 0.05) is 40.8 Å². The molecule has 0 amide bonds. The van der Waals surface area contributed by atoms with E-state index in [0.717, 1.165) is 24.5 Å². The lowest BCUT2D eigenvalue weighted by molar-refractivity contribution is 0.678. The van der Waals surface area contributed by atoms with E-state index in [-0.39, 0.29) is 5.25 Å². The first-order valence-electron chi connectivity index (χ1n) is 5.77. The monoisotopic (exact) mass is 254 g/mol. The van der Waals surface area contributed by atoms with Crippen LogP contribution in [0.5, 0.6) is 0 Å². The van der Waals surface area contributed by atoms with Crippen LogP contribution < -0.4 is 11.1 Å². The van der Waals surface area contributed by atoms with Crippen molar-refractivity contribution >= 4 is 22.4 Å². The summed E-state index contributed by atoms with van der Waals surface area (Å²) in [6.07, 6.45) is 4.01. The molecule has 0 bridgehead atoms. The van der Waals surface area contributed by atoms with Crippen LogP contribution in [-0.4, -0.2) is 32.2 Å². The van der Waals surface area contributed by atoms with Crippen LogP contribution in [0.3, 0.4) is 0 Å². The summed E-state index contributed by atoms with van der Waals surface area (Å²) in [6, 6.07) is 1.72. The lowest BCUT2D eigenvalue weighted by Crippen LogP contribution is -2.21. The lowest BCUT2D eigenvalue weighted by atomic mass is 10.3. The van der Waals surface area contributed by atoms with E-state index in [9.17, 15) is 4.21 Å². The summed E-state index contributed by atoms with van der Waals surface area (Å²) in [5.41, 5.74) is 5.74. The predicted molar refractivity (Wildman–Crippen MR) is 70.4 cm³/mol. The van der Waals surface area contributed by atoms with Gasteiger partial charge in [0.15, 0.2) is 0 Å². The Kier molecular flexibility index (Phi) is 3.61. The van der Waals surface area contributed by atoms with Gasteiger partial charge in [0.1, 0.15) is 17.5 Å². The Balaban J connectivity index is 2.02. The van der Waals surface area contributed by atoms with E-state index in [4.69, 9.17) is 5.73 Å². The normalized spacial score (nSPS) is 18.7. The van der Waals surface area contributed by atoms with E-state index in [2.05, 4.69) is 15.3 Å². The number of rotatable bonds is 5. The third-order valence-electron chi connectivity index (χ3n) is 2.84. The van der Waals surface area contributed by atoms with Crippen molar-refractivity contribution in [1.82, 2.24) is 9.97 Å². The lowest BCUT2D eigenvalue weighted by Gasteiger charge is -2.11. The zero-order chi connectivity index (χ0) is 12.4. The highest BCUT2D eigenvalue weighted by Gasteiger charge is 2.27. The SMILES string of the molecule is CC(CNc1cc(N)nc(C2CC2)n1)S(C)=O.